The average molecular weight is 150 g/mol. The molecule has 1 amide bonds. The van der Waals surface area contributed by atoms with Crippen molar-refractivity contribution >= 4 is 5.91 Å². The van der Waals surface area contributed by atoms with Gasteiger partial charge in [0.15, 0.2) is 0 Å². The SMILES string of the molecule is O=C1CCC2NC=CC=C2N1. The van der Waals surface area contributed by atoms with Gasteiger partial charge in [0.2, 0.25) is 5.91 Å². The van der Waals surface area contributed by atoms with E-state index in [0.717, 1.165) is 12.1 Å². The summed E-state index contributed by atoms with van der Waals surface area (Å²) in [5.41, 5.74) is 1.00. The van der Waals surface area contributed by atoms with Gasteiger partial charge in [-0.1, -0.05) is 0 Å². The van der Waals surface area contributed by atoms with Crippen LogP contribution in [0.5, 0.6) is 0 Å². The van der Waals surface area contributed by atoms with E-state index in [9.17, 15) is 4.79 Å². The highest BCUT2D eigenvalue weighted by Gasteiger charge is 2.22. The first-order chi connectivity index (χ1) is 5.36. The molecule has 0 aromatic heterocycles. The first-order valence-corrected chi connectivity index (χ1v) is 3.79. The number of piperidine rings is 1. The minimum absolute atomic E-state index is 0.129. The zero-order valence-corrected chi connectivity index (χ0v) is 6.13. The van der Waals surface area contributed by atoms with Crippen molar-refractivity contribution in [2.75, 3.05) is 0 Å². The largest absolute Gasteiger partial charge is 0.383 e. The standard InChI is InChI=1S/C8H10N2O/c11-8-4-3-6-7(10-8)2-1-5-9-6/h1-2,5-6,9H,3-4H2,(H,10,11). The zero-order valence-electron chi connectivity index (χ0n) is 6.13. The van der Waals surface area contributed by atoms with Gasteiger partial charge in [-0.3, -0.25) is 4.79 Å². The molecule has 2 rings (SSSR count). The van der Waals surface area contributed by atoms with E-state index in [-0.39, 0.29) is 5.91 Å². The third-order valence-corrected chi connectivity index (χ3v) is 1.99. The van der Waals surface area contributed by atoms with Crippen molar-refractivity contribution < 1.29 is 4.79 Å². The Balaban J connectivity index is 2.18. The van der Waals surface area contributed by atoms with Crippen LogP contribution in [0.1, 0.15) is 12.8 Å². The molecule has 0 spiro atoms. The highest BCUT2D eigenvalue weighted by molar-refractivity contribution is 5.79. The molecule has 1 atom stereocenters. The van der Waals surface area contributed by atoms with Crippen LogP contribution in [0.2, 0.25) is 0 Å². The number of amides is 1. The quantitative estimate of drug-likeness (QED) is 0.520. The van der Waals surface area contributed by atoms with Crippen molar-refractivity contribution in [1.82, 2.24) is 10.6 Å². The zero-order chi connectivity index (χ0) is 7.68. The Labute approximate surface area is 65.2 Å². The van der Waals surface area contributed by atoms with Gasteiger partial charge in [-0.05, 0) is 24.8 Å². The molecule has 0 aromatic carbocycles. The monoisotopic (exact) mass is 150 g/mol. The summed E-state index contributed by atoms with van der Waals surface area (Å²) in [6, 6.07) is 0.331. The minimum atomic E-state index is 0.129. The molecule has 1 saturated heterocycles. The number of dihydropyridines is 1. The summed E-state index contributed by atoms with van der Waals surface area (Å²) in [7, 11) is 0. The van der Waals surface area contributed by atoms with Crippen molar-refractivity contribution in [1.29, 1.82) is 0 Å². The summed E-state index contributed by atoms with van der Waals surface area (Å²) in [6.07, 6.45) is 7.28. The molecule has 0 aromatic rings. The van der Waals surface area contributed by atoms with E-state index in [1.165, 1.54) is 0 Å². The molecule has 3 nitrogen and oxygen atoms in total. The molecule has 1 fully saturated rings. The fourth-order valence-corrected chi connectivity index (χ4v) is 1.40. The maximum absolute atomic E-state index is 10.9. The summed E-state index contributed by atoms with van der Waals surface area (Å²) in [4.78, 5) is 10.9. The van der Waals surface area contributed by atoms with Gasteiger partial charge >= 0.3 is 0 Å². The molecule has 11 heavy (non-hydrogen) atoms. The smallest absolute Gasteiger partial charge is 0.224 e. The third kappa shape index (κ3) is 1.13. The Hall–Kier alpha value is -1.25. The molecular formula is C8H10N2O. The van der Waals surface area contributed by atoms with E-state index in [2.05, 4.69) is 10.6 Å². The highest BCUT2D eigenvalue weighted by atomic mass is 16.1. The lowest BCUT2D eigenvalue weighted by atomic mass is 10.0. The number of nitrogens with one attached hydrogen (secondary N) is 2. The highest BCUT2D eigenvalue weighted by Crippen LogP contribution is 2.14. The number of hydrogen-bond acceptors (Lipinski definition) is 2. The lowest BCUT2D eigenvalue weighted by molar-refractivity contribution is -0.121. The number of rotatable bonds is 0. The van der Waals surface area contributed by atoms with Crippen LogP contribution in [-0.4, -0.2) is 11.9 Å². The van der Waals surface area contributed by atoms with Gasteiger partial charge in [0.05, 0.1) is 6.04 Å². The summed E-state index contributed by atoms with van der Waals surface area (Å²) in [6.45, 7) is 0. The maximum atomic E-state index is 10.9. The van der Waals surface area contributed by atoms with Gasteiger partial charge in [0.1, 0.15) is 0 Å². The molecule has 0 aliphatic carbocycles. The molecule has 0 radical (unpaired) electrons. The average Bonchev–Trinajstić information content (AvgIpc) is 2.04. The Kier molecular flexibility index (Phi) is 1.42. The van der Waals surface area contributed by atoms with Crippen molar-refractivity contribution in [3.05, 3.63) is 24.0 Å². The first kappa shape index (κ1) is 6.46. The van der Waals surface area contributed by atoms with Gasteiger partial charge in [-0.2, -0.15) is 0 Å². The molecule has 3 heteroatoms. The lowest BCUT2D eigenvalue weighted by Crippen LogP contribution is -2.42. The lowest BCUT2D eigenvalue weighted by Gasteiger charge is -2.27. The van der Waals surface area contributed by atoms with Gasteiger partial charge in [-0.25, -0.2) is 0 Å². The van der Waals surface area contributed by atoms with E-state index < -0.39 is 0 Å². The number of carbonyl (C=O) groups excluding carboxylic acids is 1. The van der Waals surface area contributed by atoms with Crippen LogP contribution in [0.4, 0.5) is 0 Å². The molecule has 2 N–H and O–H groups in total. The second-order valence-electron chi connectivity index (χ2n) is 2.79. The van der Waals surface area contributed by atoms with Crippen LogP contribution in [0.15, 0.2) is 24.0 Å². The number of allylic oxidation sites excluding steroid dienone is 2. The normalized spacial score (nSPS) is 28.2. The van der Waals surface area contributed by atoms with E-state index in [1.807, 2.05) is 18.4 Å². The molecule has 0 saturated carbocycles. The molecule has 2 aliphatic rings. The van der Waals surface area contributed by atoms with Crippen LogP contribution < -0.4 is 10.6 Å². The van der Waals surface area contributed by atoms with Gasteiger partial charge < -0.3 is 10.6 Å². The summed E-state index contributed by atoms with van der Waals surface area (Å²) >= 11 is 0. The van der Waals surface area contributed by atoms with Gasteiger partial charge in [0.25, 0.3) is 0 Å². The Bertz CT molecular complexity index is 242. The predicted molar refractivity (Wildman–Crippen MR) is 41.5 cm³/mol. The Morgan fingerprint density at radius 1 is 1.55 bits per heavy atom. The molecule has 58 valence electrons. The number of hydrogen-bond donors (Lipinski definition) is 2. The van der Waals surface area contributed by atoms with Crippen LogP contribution in [0.3, 0.4) is 0 Å². The van der Waals surface area contributed by atoms with Crippen molar-refractivity contribution in [3.63, 3.8) is 0 Å². The molecule has 2 heterocycles. The first-order valence-electron chi connectivity index (χ1n) is 3.79. The van der Waals surface area contributed by atoms with Crippen LogP contribution in [0.25, 0.3) is 0 Å². The van der Waals surface area contributed by atoms with Crippen molar-refractivity contribution in [3.8, 4) is 0 Å². The Morgan fingerprint density at radius 3 is 3.36 bits per heavy atom. The molecular weight excluding hydrogens is 140 g/mol. The topological polar surface area (TPSA) is 41.1 Å². The summed E-state index contributed by atoms with van der Waals surface area (Å²) in [5, 5.41) is 6.00. The van der Waals surface area contributed by atoms with Crippen molar-refractivity contribution in [2.45, 2.75) is 18.9 Å². The molecule has 1 unspecified atom stereocenters. The van der Waals surface area contributed by atoms with Crippen molar-refractivity contribution in [2.24, 2.45) is 0 Å². The van der Waals surface area contributed by atoms with Gasteiger partial charge in [-0.15, -0.1) is 0 Å². The fourth-order valence-electron chi connectivity index (χ4n) is 1.40. The van der Waals surface area contributed by atoms with E-state index in [4.69, 9.17) is 0 Å². The Morgan fingerprint density at radius 2 is 2.45 bits per heavy atom. The van der Waals surface area contributed by atoms with Crippen LogP contribution >= 0.6 is 0 Å². The molecule has 2 aliphatic heterocycles. The summed E-state index contributed by atoms with van der Waals surface area (Å²) < 4.78 is 0. The fraction of sp³-hybridized carbons (Fsp3) is 0.375. The minimum Gasteiger partial charge on any atom is -0.383 e. The number of fused-ring (bicyclic) bond motifs is 1. The second kappa shape index (κ2) is 2.42. The van der Waals surface area contributed by atoms with Crippen LogP contribution in [0, 0.1) is 0 Å². The van der Waals surface area contributed by atoms with E-state index in [0.29, 0.717) is 12.5 Å². The third-order valence-electron chi connectivity index (χ3n) is 1.99. The summed E-state index contributed by atoms with van der Waals surface area (Å²) in [5.74, 6) is 0.129. The number of carbonyl (C=O) groups is 1. The maximum Gasteiger partial charge on any atom is 0.224 e. The van der Waals surface area contributed by atoms with Gasteiger partial charge in [0, 0.05) is 12.1 Å². The van der Waals surface area contributed by atoms with E-state index in [1.54, 1.807) is 0 Å². The predicted octanol–water partition coefficient (Wildman–Crippen LogP) is 0.266. The molecule has 0 bridgehead atoms. The van der Waals surface area contributed by atoms with E-state index >= 15 is 0 Å². The second-order valence-corrected chi connectivity index (χ2v) is 2.79. The van der Waals surface area contributed by atoms with Crippen LogP contribution in [-0.2, 0) is 4.79 Å².